The molecule has 1 aliphatic carbocycles. The molecule has 7 heteroatoms. The Morgan fingerprint density at radius 3 is 2.41 bits per heavy atom. The number of carbonyl (C=O) groups is 1. The molecule has 1 saturated carbocycles. The van der Waals surface area contributed by atoms with E-state index < -0.39 is 9.84 Å². The first-order chi connectivity index (χ1) is 12.8. The number of sulfone groups is 1. The van der Waals surface area contributed by atoms with Crippen LogP contribution in [0.25, 0.3) is 0 Å². The molecule has 0 aromatic carbocycles. The molecule has 0 unspecified atom stereocenters. The molecule has 1 N–H and O–H groups in total. The van der Waals surface area contributed by atoms with Crippen LogP contribution in [0.2, 0.25) is 0 Å². The third kappa shape index (κ3) is 5.91. The van der Waals surface area contributed by atoms with Gasteiger partial charge in [-0.25, -0.2) is 8.42 Å². The number of likely N-dealkylation sites (N-methyl/N-ethyl adjacent to an activating group) is 1. The summed E-state index contributed by atoms with van der Waals surface area (Å²) in [5, 5.41) is 3.39. The minimum atomic E-state index is -2.92. The van der Waals surface area contributed by atoms with Crippen LogP contribution in [-0.2, 0) is 14.6 Å². The van der Waals surface area contributed by atoms with E-state index in [0.29, 0.717) is 13.0 Å². The van der Waals surface area contributed by atoms with E-state index in [1.54, 1.807) is 0 Å². The Balaban J connectivity index is 1.56. The van der Waals surface area contributed by atoms with Gasteiger partial charge in [0, 0.05) is 12.6 Å². The monoisotopic (exact) mass is 399 g/mol. The largest absolute Gasteiger partial charge is 0.348 e. The van der Waals surface area contributed by atoms with Crippen molar-refractivity contribution in [3.05, 3.63) is 0 Å². The van der Waals surface area contributed by atoms with Gasteiger partial charge in [-0.05, 0) is 58.2 Å². The number of likely N-dealkylation sites (tertiary alicyclic amines) is 1. The number of amides is 1. The summed E-state index contributed by atoms with van der Waals surface area (Å²) in [6.07, 6.45) is 8.89. The van der Waals surface area contributed by atoms with Crippen molar-refractivity contribution in [2.75, 3.05) is 44.7 Å². The fraction of sp³-hybridized carbons (Fsp3) is 0.950. The number of carbonyl (C=O) groups excluding carboxylic acids is 1. The smallest absolute Gasteiger partial charge is 0.234 e. The highest BCUT2D eigenvalue weighted by atomic mass is 32.2. The van der Waals surface area contributed by atoms with Crippen LogP contribution in [0.4, 0.5) is 0 Å². The van der Waals surface area contributed by atoms with Crippen LogP contribution >= 0.6 is 0 Å². The van der Waals surface area contributed by atoms with Gasteiger partial charge in [0.1, 0.15) is 0 Å². The van der Waals surface area contributed by atoms with Crippen molar-refractivity contribution in [2.45, 2.75) is 69.9 Å². The topological polar surface area (TPSA) is 69.7 Å². The minimum absolute atomic E-state index is 0.0216. The highest BCUT2D eigenvalue weighted by molar-refractivity contribution is 7.91. The van der Waals surface area contributed by atoms with Crippen LogP contribution in [0.5, 0.6) is 0 Å². The number of hydrogen-bond donors (Lipinski definition) is 1. The normalized spacial score (nSPS) is 29.1. The van der Waals surface area contributed by atoms with Crippen molar-refractivity contribution in [1.29, 1.82) is 0 Å². The third-order valence-electron chi connectivity index (χ3n) is 6.84. The van der Waals surface area contributed by atoms with Crippen molar-refractivity contribution in [1.82, 2.24) is 15.1 Å². The molecule has 2 saturated heterocycles. The maximum atomic E-state index is 12.8. The summed E-state index contributed by atoms with van der Waals surface area (Å²) >= 11 is 0. The summed E-state index contributed by atoms with van der Waals surface area (Å²) in [4.78, 5) is 17.3. The summed E-state index contributed by atoms with van der Waals surface area (Å²) in [5.41, 5.74) is -0.0987. The van der Waals surface area contributed by atoms with Gasteiger partial charge in [0.2, 0.25) is 5.91 Å². The van der Waals surface area contributed by atoms with E-state index in [2.05, 4.69) is 17.1 Å². The first-order valence-corrected chi connectivity index (χ1v) is 12.5. The number of nitrogens with one attached hydrogen (secondary N) is 1. The molecule has 0 spiro atoms. The van der Waals surface area contributed by atoms with Gasteiger partial charge in [0.05, 0.1) is 23.6 Å². The van der Waals surface area contributed by atoms with Crippen LogP contribution < -0.4 is 5.32 Å². The van der Waals surface area contributed by atoms with Crippen molar-refractivity contribution in [3.8, 4) is 0 Å². The van der Waals surface area contributed by atoms with Crippen molar-refractivity contribution < 1.29 is 13.2 Å². The van der Waals surface area contributed by atoms with E-state index in [9.17, 15) is 13.2 Å². The first kappa shape index (κ1) is 21.1. The number of hydrogen-bond acceptors (Lipinski definition) is 5. The maximum absolute atomic E-state index is 12.8. The molecule has 0 radical (unpaired) electrons. The Labute approximate surface area is 165 Å². The average molecular weight is 400 g/mol. The van der Waals surface area contributed by atoms with E-state index >= 15 is 0 Å². The molecule has 0 aromatic heterocycles. The van der Waals surface area contributed by atoms with Crippen molar-refractivity contribution >= 4 is 15.7 Å². The van der Waals surface area contributed by atoms with Gasteiger partial charge in [0.15, 0.2) is 9.84 Å². The molecule has 3 aliphatic rings. The number of piperidine rings is 1. The lowest BCUT2D eigenvalue weighted by atomic mass is 9.80. The van der Waals surface area contributed by atoms with Gasteiger partial charge in [-0.3, -0.25) is 9.69 Å². The van der Waals surface area contributed by atoms with Gasteiger partial charge in [0.25, 0.3) is 0 Å². The second-order valence-electron chi connectivity index (χ2n) is 9.32. The molecule has 1 atom stereocenters. The van der Waals surface area contributed by atoms with E-state index in [4.69, 9.17) is 0 Å². The van der Waals surface area contributed by atoms with E-state index in [-0.39, 0.29) is 29.0 Å². The zero-order valence-electron chi connectivity index (χ0n) is 17.1. The molecular formula is C20H37N3O3S. The van der Waals surface area contributed by atoms with Gasteiger partial charge < -0.3 is 10.2 Å². The third-order valence-corrected chi connectivity index (χ3v) is 8.59. The van der Waals surface area contributed by atoms with E-state index in [1.807, 2.05) is 11.9 Å². The number of rotatable bonds is 6. The van der Waals surface area contributed by atoms with Crippen molar-refractivity contribution in [3.63, 3.8) is 0 Å². The fourth-order valence-electron chi connectivity index (χ4n) is 5.01. The molecule has 2 heterocycles. The molecular weight excluding hydrogens is 362 g/mol. The summed E-state index contributed by atoms with van der Waals surface area (Å²) in [6, 6.07) is -0.0216. The molecule has 27 heavy (non-hydrogen) atoms. The van der Waals surface area contributed by atoms with Gasteiger partial charge in [-0.15, -0.1) is 0 Å². The second-order valence-corrected chi connectivity index (χ2v) is 11.5. The lowest BCUT2D eigenvalue weighted by Crippen LogP contribution is -2.59. The molecule has 1 amide bonds. The predicted molar refractivity (Wildman–Crippen MR) is 108 cm³/mol. The highest BCUT2D eigenvalue weighted by Crippen LogP contribution is 2.30. The summed E-state index contributed by atoms with van der Waals surface area (Å²) in [7, 11) is -1.04. The average Bonchev–Trinajstić information content (AvgIpc) is 2.98. The zero-order chi connectivity index (χ0) is 19.5. The Morgan fingerprint density at radius 1 is 1.15 bits per heavy atom. The maximum Gasteiger partial charge on any atom is 0.234 e. The molecule has 3 rings (SSSR count). The zero-order valence-corrected chi connectivity index (χ0v) is 17.9. The number of nitrogens with zero attached hydrogens (tertiary/aromatic N) is 2. The molecule has 3 fully saturated rings. The Kier molecular flexibility index (Phi) is 6.85. The van der Waals surface area contributed by atoms with Gasteiger partial charge in [-0.2, -0.15) is 0 Å². The first-order valence-electron chi connectivity index (χ1n) is 10.7. The van der Waals surface area contributed by atoms with E-state index in [0.717, 1.165) is 38.4 Å². The minimum Gasteiger partial charge on any atom is -0.348 e. The van der Waals surface area contributed by atoms with Crippen LogP contribution in [-0.4, -0.2) is 80.4 Å². The van der Waals surface area contributed by atoms with E-state index in [1.165, 1.54) is 32.1 Å². The molecule has 6 nitrogen and oxygen atoms in total. The van der Waals surface area contributed by atoms with Crippen LogP contribution in [0.3, 0.4) is 0 Å². The quantitative estimate of drug-likeness (QED) is 0.736. The highest BCUT2D eigenvalue weighted by Gasteiger charge is 2.37. The summed E-state index contributed by atoms with van der Waals surface area (Å²) in [5.74, 6) is 1.30. The Hall–Kier alpha value is -0.660. The Morgan fingerprint density at radius 2 is 1.81 bits per heavy atom. The molecule has 0 aromatic rings. The molecule has 2 aliphatic heterocycles. The predicted octanol–water partition coefficient (Wildman–Crippen LogP) is 1.66. The van der Waals surface area contributed by atoms with Gasteiger partial charge in [-0.1, -0.05) is 26.2 Å². The van der Waals surface area contributed by atoms with Crippen LogP contribution in [0.1, 0.15) is 58.3 Å². The lowest BCUT2D eigenvalue weighted by Gasteiger charge is -2.43. The summed E-state index contributed by atoms with van der Waals surface area (Å²) in [6.45, 7) is 5.86. The fourth-order valence-corrected chi connectivity index (χ4v) is 6.82. The molecule has 156 valence electrons. The van der Waals surface area contributed by atoms with Gasteiger partial charge >= 0.3 is 0 Å². The van der Waals surface area contributed by atoms with Crippen LogP contribution in [0.15, 0.2) is 0 Å². The summed E-state index contributed by atoms with van der Waals surface area (Å²) < 4.78 is 23.4. The Bertz CT molecular complexity index is 608. The second kappa shape index (κ2) is 8.78. The molecule has 0 bridgehead atoms. The van der Waals surface area contributed by atoms with Crippen molar-refractivity contribution in [2.24, 2.45) is 5.92 Å². The standard InChI is InChI=1S/C20H37N3O3S/c1-17-6-11-23(12-7-17)16-20(9-4-3-5-10-20)21-19(24)14-22(2)18-8-13-27(25,26)15-18/h17-18H,3-16H2,1-2H3,(H,21,24)/t18-/m0/s1. The SMILES string of the molecule is CC1CCN(CC2(NC(=O)CN(C)[C@H]3CCS(=O)(=O)C3)CCCCC2)CC1. The lowest BCUT2D eigenvalue weighted by molar-refractivity contribution is -0.125. The van der Waals surface area contributed by atoms with Crippen LogP contribution in [0, 0.1) is 5.92 Å².